The van der Waals surface area contributed by atoms with Crippen molar-refractivity contribution in [2.45, 2.75) is 6.54 Å². The van der Waals surface area contributed by atoms with Crippen molar-refractivity contribution in [2.24, 2.45) is 7.05 Å². The molecule has 0 atom stereocenters. The molecule has 21 heavy (non-hydrogen) atoms. The van der Waals surface area contributed by atoms with Crippen LogP contribution in [0, 0.1) is 0 Å². The molecule has 3 aromatic rings. The van der Waals surface area contributed by atoms with Gasteiger partial charge >= 0.3 is 5.97 Å². The highest BCUT2D eigenvalue weighted by Gasteiger charge is 2.11. The number of hydrogen-bond donors (Lipinski definition) is 2. The Morgan fingerprint density at radius 1 is 1.38 bits per heavy atom. The van der Waals surface area contributed by atoms with Crippen molar-refractivity contribution in [1.82, 2.24) is 19.7 Å². The normalized spacial score (nSPS) is 10.7. The van der Waals surface area contributed by atoms with Gasteiger partial charge in [0.05, 0.1) is 6.54 Å². The van der Waals surface area contributed by atoms with E-state index in [2.05, 4.69) is 20.5 Å². The van der Waals surface area contributed by atoms with Gasteiger partial charge in [0.25, 0.3) is 0 Å². The number of carbonyl (C=O) groups is 1. The Kier molecular flexibility index (Phi) is 3.23. The molecule has 0 saturated heterocycles. The summed E-state index contributed by atoms with van der Waals surface area (Å²) in [6.45, 7) is 0.413. The van der Waals surface area contributed by atoms with Crippen molar-refractivity contribution in [3.05, 3.63) is 48.2 Å². The van der Waals surface area contributed by atoms with Gasteiger partial charge in [-0.05, 0) is 11.5 Å². The van der Waals surface area contributed by atoms with E-state index in [-0.39, 0.29) is 5.69 Å². The van der Waals surface area contributed by atoms with Crippen LogP contribution in [0.3, 0.4) is 0 Å². The van der Waals surface area contributed by atoms with Crippen molar-refractivity contribution < 1.29 is 9.90 Å². The summed E-state index contributed by atoms with van der Waals surface area (Å²) in [4.78, 5) is 15.3. The fourth-order valence-electron chi connectivity index (χ4n) is 2.07. The summed E-state index contributed by atoms with van der Waals surface area (Å²) in [6, 6.07) is 9.06. The van der Waals surface area contributed by atoms with Gasteiger partial charge in [0.2, 0.25) is 0 Å². The van der Waals surface area contributed by atoms with Gasteiger partial charge in [-0.15, -0.1) is 10.2 Å². The molecule has 0 radical (unpaired) electrons. The fraction of sp³-hybridized carbons (Fsp3) is 0.143. The minimum absolute atomic E-state index is 0.00849. The van der Waals surface area contributed by atoms with E-state index in [1.54, 1.807) is 17.0 Å². The number of aromatic carboxylic acids is 1. The number of nitrogens with one attached hydrogen (secondary N) is 1. The van der Waals surface area contributed by atoms with Gasteiger partial charge in [0.1, 0.15) is 12.1 Å². The van der Waals surface area contributed by atoms with E-state index in [0.717, 1.165) is 16.6 Å². The largest absolute Gasteiger partial charge is 0.477 e. The van der Waals surface area contributed by atoms with Crippen LogP contribution in [-0.2, 0) is 13.6 Å². The molecule has 0 unspecified atom stereocenters. The van der Waals surface area contributed by atoms with E-state index in [4.69, 9.17) is 5.11 Å². The number of aryl methyl sites for hydroxylation is 1. The van der Waals surface area contributed by atoms with Crippen molar-refractivity contribution >= 4 is 22.6 Å². The zero-order valence-electron chi connectivity index (χ0n) is 11.3. The Labute approximate surface area is 120 Å². The molecular formula is C14H13N5O2. The van der Waals surface area contributed by atoms with Crippen LogP contribution in [0.1, 0.15) is 16.3 Å². The van der Waals surface area contributed by atoms with Crippen LogP contribution in [0.4, 0.5) is 5.82 Å². The van der Waals surface area contributed by atoms with Crippen LogP contribution >= 0.6 is 0 Å². The number of anilines is 1. The summed E-state index contributed by atoms with van der Waals surface area (Å²) in [6.07, 6.45) is 1.61. The number of carboxylic acid groups (broad SMARTS) is 1. The molecule has 7 heteroatoms. The Balaban J connectivity index is 1.99. The van der Waals surface area contributed by atoms with Crippen LogP contribution < -0.4 is 5.32 Å². The number of nitrogens with zero attached hydrogens (tertiary/aromatic N) is 4. The first kappa shape index (κ1) is 13.0. The average Bonchev–Trinajstić information content (AvgIpc) is 2.89. The molecule has 0 saturated carbocycles. The molecule has 0 aliphatic carbocycles. The van der Waals surface area contributed by atoms with Crippen LogP contribution in [0.2, 0.25) is 0 Å². The summed E-state index contributed by atoms with van der Waals surface area (Å²) >= 11 is 0. The second-order valence-corrected chi connectivity index (χ2v) is 4.59. The average molecular weight is 283 g/mol. The van der Waals surface area contributed by atoms with E-state index in [0.29, 0.717) is 12.4 Å². The monoisotopic (exact) mass is 283 g/mol. The molecule has 2 N–H and O–H groups in total. The first-order chi connectivity index (χ1) is 10.1. The van der Waals surface area contributed by atoms with Crippen molar-refractivity contribution in [3.8, 4) is 0 Å². The van der Waals surface area contributed by atoms with Gasteiger partial charge in [-0.2, -0.15) is 0 Å². The van der Waals surface area contributed by atoms with Gasteiger partial charge in [-0.25, -0.2) is 9.78 Å². The molecule has 0 spiro atoms. The summed E-state index contributed by atoms with van der Waals surface area (Å²) in [5, 5.41) is 21.7. The van der Waals surface area contributed by atoms with E-state index in [9.17, 15) is 4.79 Å². The second-order valence-electron chi connectivity index (χ2n) is 4.59. The Bertz CT molecular complexity index is 812. The highest BCUT2D eigenvalue weighted by atomic mass is 16.4. The highest BCUT2D eigenvalue weighted by molar-refractivity contribution is 5.97. The maximum absolute atomic E-state index is 11.2. The van der Waals surface area contributed by atoms with E-state index in [1.165, 1.54) is 0 Å². The molecule has 0 fully saturated rings. The lowest BCUT2D eigenvalue weighted by atomic mass is 10.1. The summed E-state index contributed by atoms with van der Waals surface area (Å²) in [5.74, 6) is 0.206. The molecule has 3 rings (SSSR count). The number of rotatable bonds is 4. The lowest BCUT2D eigenvalue weighted by Crippen LogP contribution is -2.09. The summed E-state index contributed by atoms with van der Waals surface area (Å²) in [5.41, 5.74) is 0.00849. The van der Waals surface area contributed by atoms with Gasteiger partial charge in [0.15, 0.2) is 11.5 Å². The lowest BCUT2D eigenvalue weighted by molar-refractivity contribution is 0.0691. The topological polar surface area (TPSA) is 92.9 Å². The molecular weight excluding hydrogens is 270 g/mol. The number of fused-ring (bicyclic) bond motifs is 1. The van der Waals surface area contributed by atoms with E-state index in [1.807, 2.05) is 31.3 Å². The minimum Gasteiger partial charge on any atom is -0.477 e. The van der Waals surface area contributed by atoms with Crippen LogP contribution in [0.25, 0.3) is 10.8 Å². The van der Waals surface area contributed by atoms with E-state index < -0.39 is 5.97 Å². The molecule has 0 aliphatic rings. The quantitative estimate of drug-likeness (QED) is 0.756. The van der Waals surface area contributed by atoms with Gasteiger partial charge in [-0.1, -0.05) is 24.3 Å². The molecule has 0 aliphatic heterocycles. The van der Waals surface area contributed by atoms with E-state index >= 15 is 0 Å². The molecule has 0 amide bonds. The van der Waals surface area contributed by atoms with Crippen LogP contribution in [-0.4, -0.2) is 30.8 Å². The van der Waals surface area contributed by atoms with Crippen molar-refractivity contribution in [3.63, 3.8) is 0 Å². The molecule has 106 valence electrons. The Hall–Kier alpha value is -2.96. The number of benzene rings is 1. The first-order valence-corrected chi connectivity index (χ1v) is 6.35. The predicted molar refractivity (Wildman–Crippen MR) is 77.0 cm³/mol. The van der Waals surface area contributed by atoms with Crippen molar-refractivity contribution in [2.75, 3.05) is 5.32 Å². The Morgan fingerprint density at radius 2 is 2.19 bits per heavy atom. The maximum atomic E-state index is 11.2. The lowest BCUT2D eigenvalue weighted by Gasteiger charge is -2.09. The van der Waals surface area contributed by atoms with Crippen molar-refractivity contribution in [1.29, 1.82) is 0 Å². The predicted octanol–water partition coefficient (Wildman–Crippen LogP) is 1.67. The van der Waals surface area contributed by atoms with Gasteiger partial charge in [0, 0.05) is 12.4 Å². The number of carboxylic acids is 1. The number of pyridine rings is 1. The fourth-order valence-corrected chi connectivity index (χ4v) is 2.07. The zero-order valence-corrected chi connectivity index (χ0v) is 11.3. The summed E-state index contributed by atoms with van der Waals surface area (Å²) < 4.78 is 1.79. The molecule has 1 aromatic carbocycles. The number of hydrogen-bond acceptors (Lipinski definition) is 5. The molecule has 2 aromatic heterocycles. The van der Waals surface area contributed by atoms with Crippen LogP contribution in [0.5, 0.6) is 0 Å². The maximum Gasteiger partial charge on any atom is 0.354 e. The smallest absolute Gasteiger partial charge is 0.354 e. The molecule has 0 bridgehead atoms. The second kappa shape index (κ2) is 5.20. The standard InChI is InChI=1S/C14H13N5O2/c1-19-8-16-18-12(19)7-15-13-10-5-3-2-4-9(10)6-11(17-13)14(20)21/h2-6,8H,7H2,1H3,(H,15,17)(H,20,21). The number of aromatic nitrogens is 4. The third kappa shape index (κ3) is 2.53. The third-order valence-electron chi connectivity index (χ3n) is 3.18. The van der Waals surface area contributed by atoms with Gasteiger partial charge < -0.3 is 15.0 Å². The first-order valence-electron chi connectivity index (χ1n) is 6.35. The third-order valence-corrected chi connectivity index (χ3v) is 3.18. The molecule has 2 heterocycles. The summed E-state index contributed by atoms with van der Waals surface area (Å²) in [7, 11) is 1.84. The minimum atomic E-state index is -1.05. The SMILES string of the molecule is Cn1cnnc1CNc1nc(C(=O)O)cc2ccccc12. The Morgan fingerprint density at radius 3 is 2.90 bits per heavy atom. The highest BCUT2D eigenvalue weighted by Crippen LogP contribution is 2.23. The molecule has 7 nitrogen and oxygen atoms in total. The zero-order chi connectivity index (χ0) is 14.8. The van der Waals surface area contributed by atoms with Gasteiger partial charge in [-0.3, -0.25) is 0 Å². The van der Waals surface area contributed by atoms with Crippen LogP contribution in [0.15, 0.2) is 36.7 Å².